The summed E-state index contributed by atoms with van der Waals surface area (Å²) in [7, 11) is 0. The number of benzene rings is 11. The molecule has 0 bridgehead atoms. The molecule has 0 saturated heterocycles. The molecule has 0 amide bonds. The Morgan fingerprint density at radius 2 is 0.698 bits per heavy atom. The molecule has 63 heavy (non-hydrogen) atoms. The van der Waals surface area contributed by atoms with Crippen molar-refractivity contribution in [2.45, 2.75) is 5.41 Å². The molecule has 0 atom stereocenters. The van der Waals surface area contributed by atoms with Crippen molar-refractivity contribution in [1.82, 2.24) is 0 Å². The molecule has 1 spiro atoms. The zero-order valence-corrected chi connectivity index (χ0v) is 34.2. The van der Waals surface area contributed by atoms with Gasteiger partial charge in [0.05, 0.1) is 5.41 Å². The number of hydrogen-bond donors (Lipinski definition) is 0. The van der Waals surface area contributed by atoms with Gasteiger partial charge in [-0.1, -0.05) is 170 Å². The fourth-order valence-corrected chi connectivity index (χ4v) is 11.4. The molecule has 0 aliphatic heterocycles. The van der Waals surface area contributed by atoms with Gasteiger partial charge in [-0.25, -0.2) is 0 Å². The lowest BCUT2D eigenvalue weighted by molar-refractivity contribution is 0.669. The third kappa shape index (κ3) is 4.72. The first-order valence-electron chi connectivity index (χ1n) is 21.8. The molecule has 0 N–H and O–H groups in total. The molecule has 14 rings (SSSR count). The van der Waals surface area contributed by atoms with Crippen molar-refractivity contribution in [2.75, 3.05) is 4.90 Å². The maximum atomic E-state index is 6.32. The van der Waals surface area contributed by atoms with E-state index in [9.17, 15) is 0 Å². The van der Waals surface area contributed by atoms with E-state index < -0.39 is 5.41 Å². The molecule has 2 aliphatic carbocycles. The highest BCUT2D eigenvalue weighted by molar-refractivity contribution is 6.26. The Kier molecular flexibility index (Phi) is 7.07. The number of hydrogen-bond acceptors (Lipinski definition) is 2. The van der Waals surface area contributed by atoms with Gasteiger partial charge in [0.2, 0.25) is 0 Å². The summed E-state index contributed by atoms with van der Waals surface area (Å²) in [4.78, 5) is 2.46. The van der Waals surface area contributed by atoms with Crippen molar-refractivity contribution in [2.24, 2.45) is 0 Å². The average Bonchev–Trinajstić information content (AvgIpc) is 3.98. The van der Waals surface area contributed by atoms with Gasteiger partial charge in [0, 0.05) is 27.8 Å². The van der Waals surface area contributed by atoms with Gasteiger partial charge in [-0.2, -0.15) is 0 Å². The SMILES string of the molecule is c1ccc2c(c1)-c1ccccc1C21c2ccccc2-c2ccc(N(c3ccc(-c4ccc5c(c4)oc4ccccc45)cc3)c3ccc4c5ccccc5c5ccccc5c4c3)cc21. The largest absolute Gasteiger partial charge is 0.456 e. The maximum Gasteiger partial charge on any atom is 0.136 e. The molecule has 2 aliphatic rings. The van der Waals surface area contributed by atoms with Crippen LogP contribution < -0.4 is 4.90 Å². The van der Waals surface area contributed by atoms with Gasteiger partial charge in [-0.3, -0.25) is 0 Å². The van der Waals surface area contributed by atoms with E-state index >= 15 is 0 Å². The Labute approximate surface area is 364 Å². The molecule has 0 saturated carbocycles. The third-order valence-electron chi connectivity index (χ3n) is 14.1. The smallest absolute Gasteiger partial charge is 0.136 e. The number of fused-ring (bicyclic) bond motifs is 19. The minimum Gasteiger partial charge on any atom is -0.456 e. The zero-order valence-electron chi connectivity index (χ0n) is 34.2. The van der Waals surface area contributed by atoms with Crippen molar-refractivity contribution < 1.29 is 4.42 Å². The fourth-order valence-electron chi connectivity index (χ4n) is 11.4. The predicted octanol–water partition coefficient (Wildman–Crippen LogP) is 16.5. The molecule has 0 radical (unpaired) electrons. The minimum absolute atomic E-state index is 0.446. The van der Waals surface area contributed by atoms with Crippen LogP contribution in [0.15, 0.2) is 229 Å². The average molecular weight is 800 g/mol. The molecule has 0 fully saturated rings. The number of rotatable bonds is 4. The van der Waals surface area contributed by atoms with Gasteiger partial charge in [0.15, 0.2) is 0 Å². The van der Waals surface area contributed by atoms with Crippen molar-refractivity contribution in [3.8, 4) is 33.4 Å². The Bertz CT molecular complexity index is 3770. The Hall–Kier alpha value is -8.20. The van der Waals surface area contributed by atoms with Gasteiger partial charge in [-0.05, 0) is 143 Å². The second-order valence-electron chi connectivity index (χ2n) is 17.1. The first-order chi connectivity index (χ1) is 31.2. The van der Waals surface area contributed by atoms with Crippen molar-refractivity contribution >= 4 is 71.3 Å². The second kappa shape index (κ2) is 12.9. The van der Waals surface area contributed by atoms with E-state index in [2.05, 4.69) is 217 Å². The van der Waals surface area contributed by atoms with Crippen LogP contribution in [0, 0.1) is 0 Å². The summed E-state index contributed by atoms with van der Waals surface area (Å²) in [6.07, 6.45) is 0. The first-order valence-corrected chi connectivity index (χ1v) is 21.8. The van der Waals surface area contributed by atoms with E-state index in [1.807, 2.05) is 12.1 Å². The summed E-state index contributed by atoms with van der Waals surface area (Å²) >= 11 is 0. The quantitative estimate of drug-likeness (QED) is 0.165. The highest BCUT2D eigenvalue weighted by Crippen LogP contribution is 2.63. The van der Waals surface area contributed by atoms with Crippen LogP contribution in [0.25, 0.3) is 87.6 Å². The van der Waals surface area contributed by atoms with Crippen LogP contribution in [0.2, 0.25) is 0 Å². The molecule has 1 heterocycles. The van der Waals surface area contributed by atoms with Gasteiger partial charge in [-0.15, -0.1) is 0 Å². The number of anilines is 3. The van der Waals surface area contributed by atoms with Crippen LogP contribution in [0.5, 0.6) is 0 Å². The van der Waals surface area contributed by atoms with Gasteiger partial charge >= 0.3 is 0 Å². The first kappa shape index (κ1) is 34.5. The van der Waals surface area contributed by atoms with E-state index in [0.717, 1.165) is 50.1 Å². The lowest BCUT2D eigenvalue weighted by atomic mass is 9.70. The molecule has 0 unspecified atom stereocenters. The summed E-state index contributed by atoms with van der Waals surface area (Å²) in [6, 6.07) is 83.0. The molecule has 1 aromatic heterocycles. The van der Waals surface area contributed by atoms with Crippen molar-refractivity contribution in [3.63, 3.8) is 0 Å². The van der Waals surface area contributed by atoms with E-state index in [-0.39, 0.29) is 0 Å². The molecular weight excluding hydrogens is 763 g/mol. The molecular formula is C61H37NO. The topological polar surface area (TPSA) is 16.4 Å². The fraction of sp³-hybridized carbons (Fsp3) is 0.0164. The second-order valence-corrected chi connectivity index (χ2v) is 17.1. The van der Waals surface area contributed by atoms with E-state index in [0.29, 0.717) is 0 Å². The van der Waals surface area contributed by atoms with Crippen molar-refractivity contribution in [3.05, 3.63) is 247 Å². The predicted molar refractivity (Wildman–Crippen MR) is 263 cm³/mol. The lowest BCUT2D eigenvalue weighted by Gasteiger charge is -2.32. The van der Waals surface area contributed by atoms with Crippen LogP contribution in [-0.2, 0) is 5.41 Å². The third-order valence-corrected chi connectivity index (χ3v) is 14.1. The molecule has 2 heteroatoms. The molecule has 292 valence electrons. The summed E-state index contributed by atoms with van der Waals surface area (Å²) in [5.41, 5.74) is 17.5. The van der Waals surface area contributed by atoms with Crippen LogP contribution >= 0.6 is 0 Å². The van der Waals surface area contributed by atoms with Gasteiger partial charge in [0.1, 0.15) is 11.2 Å². The summed E-state index contributed by atoms with van der Waals surface area (Å²) in [5.74, 6) is 0. The summed E-state index contributed by atoms with van der Waals surface area (Å²) in [6.45, 7) is 0. The van der Waals surface area contributed by atoms with E-state index in [4.69, 9.17) is 4.42 Å². The zero-order chi connectivity index (χ0) is 41.2. The van der Waals surface area contributed by atoms with Crippen LogP contribution in [0.1, 0.15) is 22.3 Å². The number of para-hydroxylation sites is 1. The minimum atomic E-state index is -0.446. The normalized spacial score (nSPS) is 13.2. The number of furan rings is 1. The van der Waals surface area contributed by atoms with Crippen LogP contribution in [0.3, 0.4) is 0 Å². The van der Waals surface area contributed by atoms with Crippen LogP contribution in [0.4, 0.5) is 17.1 Å². The lowest BCUT2D eigenvalue weighted by Crippen LogP contribution is -2.26. The monoisotopic (exact) mass is 799 g/mol. The Morgan fingerprint density at radius 3 is 1.33 bits per heavy atom. The molecule has 12 aromatic rings. The Morgan fingerprint density at radius 1 is 0.270 bits per heavy atom. The highest BCUT2D eigenvalue weighted by Gasteiger charge is 2.51. The molecule has 11 aromatic carbocycles. The Balaban J connectivity index is 0.997. The van der Waals surface area contributed by atoms with Crippen LogP contribution in [-0.4, -0.2) is 0 Å². The maximum absolute atomic E-state index is 6.32. The van der Waals surface area contributed by atoms with E-state index in [1.54, 1.807) is 0 Å². The van der Waals surface area contributed by atoms with Gasteiger partial charge < -0.3 is 9.32 Å². The summed E-state index contributed by atoms with van der Waals surface area (Å²) < 4.78 is 6.32. The van der Waals surface area contributed by atoms with Gasteiger partial charge in [0.25, 0.3) is 0 Å². The summed E-state index contributed by atoms with van der Waals surface area (Å²) in [5, 5.41) is 9.85. The standard InChI is InChI=1S/C61H37NO/c1-2-15-45-43(13-1)44-14-3-4-16-46(44)54-36-41(30-33-47(45)54)62(40-28-25-38(26-29-40)39-27-32-53-52-20-8-12-24-59(52)63-60(53)35-39)42-31-34-51-50-19-7-11-23-57(50)61(58(51)37-42)55-21-9-5-17-48(55)49-18-6-10-22-56(49)61/h1-37H. The highest BCUT2D eigenvalue weighted by atomic mass is 16.3. The van der Waals surface area contributed by atoms with Crippen molar-refractivity contribution in [1.29, 1.82) is 0 Å². The molecule has 2 nitrogen and oxygen atoms in total. The van der Waals surface area contributed by atoms with E-state index in [1.165, 1.54) is 76.8 Å². The number of nitrogens with zero attached hydrogens (tertiary/aromatic N) is 1.